The SMILES string of the molecule is CCS(=O)(=O)CCNCCSC(F)(F)F. The lowest BCUT2D eigenvalue weighted by Gasteiger charge is -2.06. The van der Waals surface area contributed by atoms with Gasteiger partial charge >= 0.3 is 5.51 Å². The highest BCUT2D eigenvalue weighted by Crippen LogP contribution is 2.29. The molecule has 0 aliphatic heterocycles. The van der Waals surface area contributed by atoms with Crippen LogP contribution in [0.2, 0.25) is 0 Å². The summed E-state index contributed by atoms with van der Waals surface area (Å²) in [6, 6.07) is 0. The van der Waals surface area contributed by atoms with Crippen LogP contribution in [0.5, 0.6) is 0 Å². The number of hydrogen-bond donors (Lipinski definition) is 1. The highest BCUT2D eigenvalue weighted by molar-refractivity contribution is 8.00. The molecular weight excluding hydrogens is 251 g/mol. The minimum Gasteiger partial charge on any atom is -0.315 e. The number of nitrogens with one attached hydrogen (secondary N) is 1. The molecule has 0 aromatic carbocycles. The molecule has 0 aliphatic rings. The molecule has 0 spiro atoms. The minimum atomic E-state index is -4.21. The molecule has 0 fully saturated rings. The number of halogens is 3. The lowest BCUT2D eigenvalue weighted by Crippen LogP contribution is -2.26. The zero-order valence-electron chi connectivity index (χ0n) is 8.30. The zero-order valence-corrected chi connectivity index (χ0v) is 9.94. The Morgan fingerprint density at radius 2 is 1.87 bits per heavy atom. The van der Waals surface area contributed by atoms with Gasteiger partial charge in [0.2, 0.25) is 0 Å². The third-order valence-electron chi connectivity index (χ3n) is 1.57. The third-order valence-corrected chi connectivity index (χ3v) is 4.02. The van der Waals surface area contributed by atoms with Gasteiger partial charge in [0.15, 0.2) is 9.84 Å². The molecule has 15 heavy (non-hydrogen) atoms. The molecule has 0 aliphatic carbocycles. The summed E-state index contributed by atoms with van der Waals surface area (Å²) < 4.78 is 56.9. The van der Waals surface area contributed by atoms with Gasteiger partial charge in [-0.15, -0.1) is 0 Å². The molecule has 0 atom stereocenters. The molecule has 0 unspecified atom stereocenters. The van der Waals surface area contributed by atoms with Crippen LogP contribution in [0, 0.1) is 0 Å². The highest BCUT2D eigenvalue weighted by atomic mass is 32.2. The van der Waals surface area contributed by atoms with Crippen LogP contribution in [0.15, 0.2) is 0 Å². The van der Waals surface area contributed by atoms with Gasteiger partial charge in [0.05, 0.1) is 5.75 Å². The number of rotatable bonds is 7. The van der Waals surface area contributed by atoms with Crippen molar-refractivity contribution in [3.63, 3.8) is 0 Å². The van der Waals surface area contributed by atoms with Gasteiger partial charge in [-0.05, 0) is 11.8 Å². The quantitative estimate of drug-likeness (QED) is 0.704. The van der Waals surface area contributed by atoms with Crippen molar-refractivity contribution < 1.29 is 21.6 Å². The van der Waals surface area contributed by atoms with Crippen molar-refractivity contribution in [2.75, 3.05) is 30.3 Å². The maximum Gasteiger partial charge on any atom is 0.441 e. The predicted molar refractivity (Wildman–Crippen MR) is 55.7 cm³/mol. The Bertz CT molecular complexity index is 264. The fourth-order valence-corrected chi connectivity index (χ4v) is 1.96. The Labute approximate surface area is 91.7 Å². The summed E-state index contributed by atoms with van der Waals surface area (Å²) in [7, 11) is -3.03. The maximum atomic E-state index is 11.6. The number of alkyl halides is 3. The van der Waals surface area contributed by atoms with Crippen molar-refractivity contribution in [2.45, 2.75) is 12.4 Å². The molecule has 3 nitrogen and oxygen atoms in total. The van der Waals surface area contributed by atoms with Crippen LogP contribution < -0.4 is 5.32 Å². The van der Waals surface area contributed by atoms with Gasteiger partial charge < -0.3 is 5.32 Å². The first-order chi connectivity index (χ1) is 6.77. The lowest BCUT2D eigenvalue weighted by atomic mass is 10.7. The monoisotopic (exact) mass is 265 g/mol. The van der Waals surface area contributed by atoms with Gasteiger partial charge in [-0.25, -0.2) is 8.42 Å². The smallest absolute Gasteiger partial charge is 0.315 e. The van der Waals surface area contributed by atoms with E-state index in [1.54, 1.807) is 0 Å². The Morgan fingerprint density at radius 1 is 1.27 bits per heavy atom. The van der Waals surface area contributed by atoms with Gasteiger partial charge in [-0.1, -0.05) is 6.92 Å². The molecule has 0 radical (unpaired) electrons. The Kier molecular flexibility index (Phi) is 6.62. The largest absolute Gasteiger partial charge is 0.441 e. The molecule has 0 amide bonds. The lowest BCUT2D eigenvalue weighted by molar-refractivity contribution is -0.0327. The first-order valence-electron chi connectivity index (χ1n) is 4.38. The maximum absolute atomic E-state index is 11.6. The van der Waals surface area contributed by atoms with Crippen molar-refractivity contribution in [1.82, 2.24) is 5.32 Å². The van der Waals surface area contributed by atoms with E-state index in [9.17, 15) is 21.6 Å². The molecule has 0 saturated heterocycles. The molecule has 8 heteroatoms. The first kappa shape index (κ1) is 15.0. The van der Waals surface area contributed by atoms with Gasteiger partial charge in [0.25, 0.3) is 0 Å². The molecule has 0 saturated carbocycles. The van der Waals surface area contributed by atoms with Crippen LogP contribution in [0.1, 0.15) is 6.92 Å². The Balaban J connectivity index is 3.42. The summed E-state index contributed by atoms with van der Waals surface area (Å²) >= 11 is -0.115. The fourth-order valence-electron chi connectivity index (χ4n) is 0.736. The van der Waals surface area contributed by atoms with Crippen LogP contribution in [0.25, 0.3) is 0 Å². The topological polar surface area (TPSA) is 46.2 Å². The number of thioether (sulfide) groups is 1. The van der Waals surface area contributed by atoms with Crippen LogP contribution in [-0.4, -0.2) is 44.3 Å². The number of hydrogen-bond acceptors (Lipinski definition) is 4. The van der Waals surface area contributed by atoms with Crippen molar-refractivity contribution >= 4 is 21.6 Å². The Morgan fingerprint density at radius 3 is 2.33 bits per heavy atom. The van der Waals surface area contributed by atoms with Gasteiger partial charge in [-0.3, -0.25) is 0 Å². The highest BCUT2D eigenvalue weighted by Gasteiger charge is 2.27. The average molecular weight is 265 g/mol. The summed E-state index contributed by atoms with van der Waals surface area (Å²) in [6.45, 7) is 1.90. The average Bonchev–Trinajstić information content (AvgIpc) is 2.09. The second kappa shape index (κ2) is 6.59. The first-order valence-corrected chi connectivity index (χ1v) is 7.19. The third kappa shape index (κ3) is 10.3. The van der Waals surface area contributed by atoms with Crippen LogP contribution in [-0.2, 0) is 9.84 Å². The minimum absolute atomic E-state index is 0.0276. The second-order valence-electron chi connectivity index (χ2n) is 2.78. The van der Waals surface area contributed by atoms with E-state index in [4.69, 9.17) is 0 Å². The van der Waals surface area contributed by atoms with E-state index in [0.29, 0.717) is 0 Å². The van der Waals surface area contributed by atoms with E-state index < -0.39 is 15.3 Å². The molecule has 0 aromatic rings. The Hall–Kier alpha value is 0.0500. The fraction of sp³-hybridized carbons (Fsp3) is 1.00. The summed E-state index contributed by atoms with van der Waals surface area (Å²) in [5, 5.41) is 2.65. The van der Waals surface area contributed by atoms with E-state index in [0.717, 1.165) is 0 Å². The number of sulfone groups is 1. The van der Waals surface area contributed by atoms with E-state index in [-0.39, 0.29) is 42.1 Å². The van der Waals surface area contributed by atoms with Crippen molar-refractivity contribution in [2.24, 2.45) is 0 Å². The van der Waals surface area contributed by atoms with Crippen molar-refractivity contribution in [3.05, 3.63) is 0 Å². The molecule has 92 valence electrons. The van der Waals surface area contributed by atoms with Crippen LogP contribution in [0.4, 0.5) is 13.2 Å². The van der Waals surface area contributed by atoms with Gasteiger partial charge in [0, 0.05) is 24.6 Å². The van der Waals surface area contributed by atoms with E-state index in [2.05, 4.69) is 5.32 Å². The summed E-state index contributed by atoms with van der Waals surface area (Å²) in [6.07, 6.45) is 0. The molecular formula is C7H14F3NO2S2. The normalized spacial score (nSPS) is 13.1. The van der Waals surface area contributed by atoms with Gasteiger partial charge in [-0.2, -0.15) is 13.2 Å². The second-order valence-corrected chi connectivity index (χ2v) is 6.41. The van der Waals surface area contributed by atoms with Crippen LogP contribution in [0.3, 0.4) is 0 Å². The molecule has 1 N–H and O–H groups in total. The molecule has 0 aromatic heterocycles. The van der Waals surface area contributed by atoms with E-state index in [1.165, 1.54) is 6.92 Å². The van der Waals surface area contributed by atoms with Crippen molar-refractivity contribution in [1.29, 1.82) is 0 Å². The van der Waals surface area contributed by atoms with Crippen LogP contribution >= 0.6 is 11.8 Å². The summed E-state index contributed by atoms with van der Waals surface area (Å²) in [4.78, 5) is 0. The van der Waals surface area contributed by atoms with Gasteiger partial charge in [0.1, 0.15) is 0 Å². The molecule has 0 bridgehead atoms. The van der Waals surface area contributed by atoms with E-state index in [1.807, 2.05) is 0 Å². The predicted octanol–water partition coefficient (Wildman–Crippen LogP) is 1.26. The van der Waals surface area contributed by atoms with E-state index >= 15 is 0 Å². The zero-order chi connectivity index (χ0) is 11.9. The molecule has 0 rings (SSSR count). The van der Waals surface area contributed by atoms with Crippen molar-refractivity contribution in [3.8, 4) is 0 Å². The standard InChI is InChI=1S/C7H14F3NO2S2/c1-2-15(12,13)6-4-11-3-5-14-7(8,9)10/h11H,2-6H2,1H3. The summed E-state index contributed by atoms with van der Waals surface area (Å²) in [5.74, 6) is -0.0676. The summed E-state index contributed by atoms with van der Waals surface area (Å²) in [5.41, 5.74) is -4.21. The molecule has 0 heterocycles.